The number of nitrogens with zero attached hydrogens (tertiary/aromatic N) is 2. The highest BCUT2D eigenvalue weighted by Crippen LogP contribution is 2.41. The van der Waals surface area contributed by atoms with E-state index in [4.69, 9.17) is 0 Å². The first-order valence-corrected chi connectivity index (χ1v) is 10.5. The van der Waals surface area contributed by atoms with Crippen molar-refractivity contribution in [3.8, 4) is 0 Å². The predicted molar refractivity (Wildman–Crippen MR) is 124 cm³/mol. The number of carbonyl (C=O) groups is 2. The number of aliphatic imine (C=N–C) groups is 1. The summed E-state index contributed by atoms with van der Waals surface area (Å²) < 4.78 is 0. The van der Waals surface area contributed by atoms with Crippen molar-refractivity contribution in [1.82, 2.24) is 10.6 Å². The summed E-state index contributed by atoms with van der Waals surface area (Å²) >= 11 is 0. The molecule has 1 unspecified atom stereocenters. The van der Waals surface area contributed by atoms with E-state index < -0.39 is 0 Å². The van der Waals surface area contributed by atoms with Gasteiger partial charge in [-0.2, -0.15) is 0 Å². The molecule has 2 rings (SSSR count). The molecule has 3 atom stereocenters. The summed E-state index contributed by atoms with van der Waals surface area (Å²) in [6.07, 6.45) is 7.75. The third kappa shape index (κ3) is 5.17. The van der Waals surface area contributed by atoms with E-state index in [0.717, 1.165) is 17.1 Å². The van der Waals surface area contributed by atoms with Crippen LogP contribution in [-0.4, -0.2) is 36.8 Å². The number of amidine groups is 1. The molecule has 2 amide bonds. The molecule has 0 saturated heterocycles. The van der Waals surface area contributed by atoms with Crippen LogP contribution in [0.4, 0.5) is 5.69 Å². The molecule has 1 aliphatic rings. The number of fused-ring (bicyclic) bond motifs is 1. The van der Waals surface area contributed by atoms with Crippen LogP contribution in [0.1, 0.15) is 63.5 Å². The van der Waals surface area contributed by atoms with Crippen molar-refractivity contribution in [1.29, 1.82) is 0 Å². The Kier molecular flexibility index (Phi) is 7.98. The molecule has 0 saturated carbocycles. The number of nitrogens with one attached hydrogen (secondary N) is 2. The van der Waals surface area contributed by atoms with Gasteiger partial charge in [0, 0.05) is 43.2 Å². The van der Waals surface area contributed by atoms with E-state index in [1.807, 2.05) is 62.1 Å². The van der Waals surface area contributed by atoms with Crippen molar-refractivity contribution in [3.05, 3.63) is 53.6 Å². The number of allylic oxidation sites excluding steroid dienone is 3. The van der Waals surface area contributed by atoms with Gasteiger partial charge in [0.2, 0.25) is 5.91 Å². The first-order chi connectivity index (χ1) is 14.2. The Hall–Kier alpha value is -2.89. The van der Waals surface area contributed by atoms with E-state index in [9.17, 15) is 9.59 Å². The summed E-state index contributed by atoms with van der Waals surface area (Å²) in [5.74, 6) is 0.725. The zero-order chi connectivity index (χ0) is 22.4. The van der Waals surface area contributed by atoms with Crippen molar-refractivity contribution in [2.45, 2.75) is 59.7 Å². The number of anilines is 1. The van der Waals surface area contributed by atoms with Crippen LogP contribution in [0.3, 0.4) is 0 Å². The molecular formula is C24H34N4O2. The topological polar surface area (TPSA) is 73.8 Å². The fourth-order valence-electron chi connectivity index (χ4n) is 3.80. The summed E-state index contributed by atoms with van der Waals surface area (Å²) in [5.41, 5.74) is 2.34. The molecule has 0 fully saturated rings. The van der Waals surface area contributed by atoms with Gasteiger partial charge in [-0.05, 0) is 57.5 Å². The maximum absolute atomic E-state index is 12.6. The Labute approximate surface area is 180 Å². The fraction of sp³-hybridized carbons (Fsp3) is 0.458. The standard InChI is InChI=1S/C24H34N4O2/c1-8-9-10-11-22(25-7)27-23-16(4)17(5)28(18(6)29)21-13-12-19(14-20(21)23)24(30)26-15(2)3/h8-17,23H,1-7H3,(H,25,27)(H,26,30)/b9-8+,11-10-/t16-,17-,23?/m0/s1. The second-order valence-corrected chi connectivity index (χ2v) is 8.01. The third-order valence-electron chi connectivity index (χ3n) is 5.44. The van der Waals surface area contributed by atoms with Gasteiger partial charge in [-0.1, -0.05) is 25.2 Å². The molecule has 1 aromatic rings. The highest BCUT2D eigenvalue weighted by molar-refractivity contribution is 5.98. The lowest BCUT2D eigenvalue weighted by Gasteiger charge is -2.44. The minimum absolute atomic E-state index is 0.000430. The molecule has 0 radical (unpaired) electrons. The first-order valence-electron chi connectivity index (χ1n) is 10.5. The summed E-state index contributed by atoms with van der Waals surface area (Å²) in [4.78, 5) is 31.2. The third-order valence-corrected chi connectivity index (χ3v) is 5.44. The number of hydrogen-bond acceptors (Lipinski definition) is 3. The molecule has 0 bridgehead atoms. The molecule has 0 aromatic heterocycles. The van der Waals surface area contributed by atoms with Crippen LogP contribution < -0.4 is 15.5 Å². The average molecular weight is 411 g/mol. The number of benzene rings is 1. The molecule has 6 nitrogen and oxygen atoms in total. The van der Waals surface area contributed by atoms with E-state index in [2.05, 4.69) is 29.5 Å². The van der Waals surface area contributed by atoms with Crippen molar-refractivity contribution in [2.24, 2.45) is 10.9 Å². The van der Waals surface area contributed by atoms with E-state index in [0.29, 0.717) is 5.56 Å². The highest BCUT2D eigenvalue weighted by atomic mass is 16.2. The average Bonchev–Trinajstić information content (AvgIpc) is 2.69. The van der Waals surface area contributed by atoms with Crippen molar-refractivity contribution in [3.63, 3.8) is 0 Å². The molecule has 6 heteroatoms. The van der Waals surface area contributed by atoms with Gasteiger partial charge in [-0.25, -0.2) is 0 Å². The zero-order valence-corrected chi connectivity index (χ0v) is 19.1. The normalized spacial score (nSPS) is 21.9. The largest absolute Gasteiger partial charge is 0.363 e. The van der Waals surface area contributed by atoms with Gasteiger partial charge in [-0.15, -0.1) is 0 Å². The van der Waals surface area contributed by atoms with Crippen LogP contribution in [0.25, 0.3) is 0 Å². The maximum atomic E-state index is 12.6. The smallest absolute Gasteiger partial charge is 0.251 e. The number of hydrogen-bond donors (Lipinski definition) is 2. The summed E-state index contributed by atoms with van der Waals surface area (Å²) in [7, 11) is 1.74. The lowest BCUT2D eigenvalue weighted by Crippen LogP contribution is -2.50. The highest BCUT2D eigenvalue weighted by Gasteiger charge is 2.38. The Morgan fingerprint density at radius 3 is 2.47 bits per heavy atom. The quantitative estimate of drug-likeness (QED) is 0.438. The van der Waals surface area contributed by atoms with Crippen molar-refractivity contribution < 1.29 is 9.59 Å². The van der Waals surface area contributed by atoms with Crippen LogP contribution in [0.2, 0.25) is 0 Å². The van der Waals surface area contributed by atoms with Crippen molar-refractivity contribution in [2.75, 3.05) is 11.9 Å². The first kappa shape index (κ1) is 23.4. The molecule has 1 heterocycles. The minimum atomic E-state index is -0.121. The number of carbonyl (C=O) groups excluding carboxylic acids is 2. The van der Waals surface area contributed by atoms with Gasteiger partial charge in [0.15, 0.2) is 0 Å². The van der Waals surface area contributed by atoms with Gasteiger partial charge in [0.1, 0.15) is 5.84 Å². The molecule has 2 N–H and O–H groups in total. The van der Waals surface area contributed by atoms with Gasteiger partial charge in [-0.3, -0.25) is 14.6 Å². The van der Waals surface area contributed by atoms with Gasteiger partial charge < -0.3 is 15.5 Å². The lowest BCUT2D eigenvalue weighted by atomic mass is 9.82. The van der Waals surface area contributed by atoms with Crippen LogP contribution in [0.15, 0.2) is 47.5 Å². The number of rotatable bonds is 5. The Balaban J connectivity index is 2.53. The summed E-state index contributed by atoms with van der Waals surface area (Å²) in [5, 5.41) is 6.47. The fourth-order valence-corrected chi connectivity index (χ4v) is 3.80. The molecule has 0 spiro atoms. The Morgan fingerprint density at radius 1 is 1.20 bits per heavy atom. The second kappa shape index (κ2) is 10.2. The zero-order valence-electron chi connectivity index (χ0n) is 19.1. The lowest BCUT2D eigenvalue weighted by molar-refractivity contribution is -0.117. The molecule has 30 heavy (non-hydrogen) atoms. The molecule has 1 aromatic carbocycles. The van der Waals surface area contributed by atoms with E-state index >= 15 is 0 Å². The van der Waals surface area contributed by atoms with Crippen LogP contribution >= 0.6 is 0 Å². The predicted octanol–water partition coefficient (Wildman–Crippen LogP) is 4.01. The van der Waals surface area contributed by atoms with Crippen LogP contribution in [0.5, 0.6) is 0 Å². The van der Waals surface area contributed by atoms with E-state index in [1.165, 1.54) is 0 Å². The second-order valence-electron chi connectivity index (χ2n) is 8.01. The van der Waals surface area contributed by atoms with E-state index in [1.54, 1.807) is 20.0 Å². The molecular weight excluding hydrogens is 376 g/mol. The Bertz CT molecular complexity index is 870. The number of amides is 2. The SMILES string of the molecule is C/C=C/C=C\C(=NC)NC1c2cc(C(=O)NC(C)C)ccc2N(C(C)=O)[C@@H](C)[C@@H]1C. The van der Waals surface area contributed by atoms with Crippen molar-refractivity contribution >= 4 is 23.3 Å². The molecule has 1 aliphatic heterocycles. The molecule has 0 aliphatic carbocycles. The summed E-state index contributed by atoms with van der Waals surface area (Å²) in [6, 6.07) is 5.51. The van der Waals surface area contributed by atoms with Crippen LogP contribution in [0, 0.1) is 5.92 Å². The van der Waals surface area contributed by atoms with E-state index in [-0.39, 0.29) is 35.9 Å². The van der Waals surface area contributed by atoms with Crippen LogP contribution in [-0.2, 0) is 4.79 Å². The van der Waals surface area contributed by atoms with Gasteiger partial charge in [0.25, 0.3) is 5.91 Å². The molecule has 162 valence electrons. The Morgan fingerprint density at radius 2 is 1.90 bits per heavy atom. The van der Waals surface area contributed by atoms with Gasteiger partial charge >= 0.3 is 0 Å². The minimum Gasteiger partial charge on any atom is -0.363 e. The summed E-state index contributed by atoms with van der Waals surface area (Å²) in [6.45, 7) is 11.6. The monoisotopic (exact) mass is 410 g/mol. The maximum Gasteiger partial charge on any atom is 0.251 e. The van der Waals surface area contributed by atoms with Gasteiger partial charge in [0.05, 0.1) is 6.04 Å².